The molecule has 0 spiro atoms. The molecule has 2 aromatic rings. The van der Waals surface area contributed by atoms with E-state index >= 15 is 0 Å². The Labute approximate surface area is 117 Å². The van der Waals surface area contributed by atoms with Crippen LogP contribution in [-0.4, -0.2) is 5.91 Å². The largest absolute Gasteiger partial charge is 0.368 e. The molecule has 19 heavy (non-hydrogen) atoms. The van der Waals surface area contributed by atoms with E-state index in [1.807, 2.05) is 42.5 Å². The molecule has 3 nitrogen and oxygen atoms in total. The van der Waals surface area contributed by atoms with Crippen molar-refractivity contribution in [3.05, 3.63) is 65.2 Å². The molecule has 3 N–H and O–H groups in total. The monoisotopic (exact) mass is 274 g/mol. The number of benzene rings is 2. The molecule has 0 bridgehead atoms. The highest BCUT2D eigenvalue weighted by molar-refractivity contribution is 6.30. The summed E-state index contributed by atoms with van der Waals surface area (Å²) in [6.07, 6.45) is 0. The first kappa shape index (κ1) is 13.4. The van der Waals surface area contributed by atoms with Gasteiger partial charge in [0.1, 0.15) is 5.54 Å². The number of nitrogens with one attached hydrogen (secondary N) is 1. The number of hydrogen-bond donors (Lipinski definition) is 2. The molecular weight excluding hydrogens is 260 g/mol. The highest BCUT2D eigenvalue weighted by Gasteiger charge is 2.32. The number of halogens is 1. The van der Waals surface area contributed by atoms with E-state index < -0.39 is 11.4 Å². The van der Waals surface area contributed by atoms with Crippen LogP contribution in [0.3, 0.4) is 0 Å². The van der Waals surface area contributed by atoms with E-state index in [1.54, 1.807) is 19.1 Å². The van der Waals surface area contributed by atoms with Crippen molar-refractivity contribution in [3.8, 4) is 0 Å². The van der Waals surface area contributed by atoms with Crippen LogP contribution in [0, 0.1) is 0 Å². The average Bonchev–Trinajstić information content (AvgIpc) is 2.39. The predicted octanol–water partition coefficient (Wildman–Crippen LogP) is 3.15. The van der Waals surface area contributed by atoms with Gasteiger partial charge in [-0.1, -0.05) is 48.0 Å². The Kier molecular flexibility index (Phi) is 3.76. The van der Waals surface area contributed by atoms with Crippen LogP contribution in [-0.2, 0) is 10.3 Å². The number of amides is 1. The first-order valence-electron chi connectivity index (χ1n) is 5.91. The normalized spacial score (nSPS) is 13.6. The zero-order valence-corrected chi connectivity index (χ0v) is 11.3. The molecule has 0 aliphatic carbocycles. The minimum atomic E-state index is -0.980. The van der Waals surface area contributed by atoms with Crippen molar-refractivity contribution in [2.24, 2.45) is 5.73 Å². The summed E-state index contributed by atoms with van der Waals surface area (Å²) in [5.74, 6) is -0.446. The van der Waals surface area contributed by atoms with Crippen LogP contribution in [0.5, 0.6) is 0 Å². The second-order valence-corrected chi connectivity index (χ2v) is 4.93. The van der Waals surface area contributed by atoms with Gasteiger partial charge in [-0.05, 0) is 30.7 Å². The summed E-state index contributed by atoms with van der Waals surface area (Å²) in [6.45, 7) is 1.76. The summed E-state index contributed by atoms with van der Waals surface area (Å²) in [6, 6.07) is 16.6. The maximum absolute atomic E-state index is 11.8. The standard InChI is InChI=1S/C15H15ClN2O/c1-15(14(17)19,11-6-3-2-4-7-11)18-13-9-5-8-12(16)10-13/h2-10,18H,1H3,(H2,17,19). The number of hydrogen-bond acceptors (Lipinski definition) is 2. The summed E-state index contributed by atoms with van der Waals surface area (Å²) >= 11 is 5.94. The fourth-order valence-electron chi connectivity index (χ4n) is 1.90. The van der Waals surface area contributed by atoms with Crippen LogP contribution in [0.2, 0.25) is 5.02 Å². The van der Waals surface area contributed by atoms with Crippen LogP contribution >= 0.6 is 11.6 Å². The molecule has 0 aliphatic heterocycles. The Morgan fingerprint density at radius 2 is 1.84 bits per heavy atom. The minimum Gasteiger partial charge on any atom is -0.368 e. The molecule has 0 saturated carbocycles. The van der Waals surface area contributed by atoms with Gasteiger partial charge in [-0.3, -0.25) is 4.79 Å². The lowest BCUT2D eigenvalue weighted by Crippen LogP contribution is -2.45. The summed E-state index contributed by atoms with van der Waals surface area (Å²) in [5.41, 5.74) is 6.13. The van der Waals surface area contributed by atoms with E-state index in [1.165, 1.54) is 0 Å². The first-order chi connectivity index (χ1) is 9.02. The average molecular weight is 275 g/mol. The summed E-state index contributed by atoms with van der Waals surface area (Å²) in [4.78, 5) is 11.8. The van der Waals surface area contributed by atoms with Gasteiger partial charge in [-0.25, -0.2) is 0 Å². The Bertz CT molecular complexity index is 586. The number of nitrogens with two attached hydrogens (primary N) is 1. The second-order valence-electron chi connectivity index (χ2n) is 4.49. The lowest BCUT2D eigenvalue weighted by Gasteiger charge is -2.29. The summed E-state index contributed by atoms with van der Waals surface area (Å²) < 4.78 is 0. The molecule has 0 aliphatic rings. The molecule has 4 heteroatoms. The highest BCUT2D eigenvalue weighted by atomic mass is 35.5. The van der Waals surface area contributed by atoms with Crippen molar-refractivity contribution in [3.63, 3.8) is 0 Å². The van der Waals surface area contributed by atoms with E-state index in [-0.39, 0.29) is 0 Å². The van der Waals surface area contributed by atoms with Gasteiger partial charge in [-0.15, -0.1) is 0 Å². The Balaban J connectivity index is 2.39. The lowest BCUT2D eigenvalue weighted by molar-refractivity contribution is -0.122. The van der Waals surface area contributed by atoms with Gasteiger partial charge in [0.25, 0.3) is 0 Å². The van der Waals surface area contributed by atoms with Gasteiger partial charge < -0.3 is 11.1 Å². The Morgan fingerprint density at radius 1 is 1.16 bits per heavy atom. The van der Waals surface area contributed by atoms with E-state index in [2.05, 4.69) is 5.32 Å². The van der Waals surface area contributed by atoms with Crippen LogP contribution < -0.4 is 11.1 Å². The van der Waals surface area contributed by atoms with Crippen molar-refractivity contribution in [2.75, 3.05) is 5.32 Å². The quantitative estimate of drug-likeness (QED) is 0.900. The number of anilines is 1. The second kappa shape index (κ2) is 5.33. The van der Waals surface area contributed by atoms with Gasteiger partial charge in [0, 0.05) is 10.7 Å². The molecule has 2 rings (SSSR count). The van der Waals surface area contributed by atoms with Crippen molar-refractivity contribution >= 4 is 23.2 Å². The number of rotatable bonds is 4. The third-order valence-corrected chi connectivity index (χ3v) is 3.30. The molecule has 0 fully saturated rings. The molecule has 1 atom stereocenters. The van der Waals surface area contributed by atoms with Crippen molar-refractivity contribution in [1.29, 1.82) is 0 Å². The third kappa shape index (κ3) is 2.88. The Morgan fingerprint density at radius 3 is 2.42 bits per heavy atom. The van der Waals surface area contributed by atoms with Gasteiger partial charge in [0.15, 0.2) is 0 Å². The maximum atomic E-state index is 11.8. The zero-order valence-electron chi connectivity index (χ0n) is 10.6. The van der Waals surface area contributed by atoms with E-state index in [0.717, 1.165) is 11.3 Å². The van der Waals surface area contributed by atoms with E-state index in [9.17, 15) is 4.79 Å². The van der Waals surface area contributed by atoms with Crippen LogP contribution in [0.1, 0.15) is 12.5 Å². The fraction of sp³-hybridized carbons (Fsp3) is 0.133. The van der Waals surface area contributed by atoms with Gasteiger partial charge >= 0.3 is 0 Å². The van der Waals surface area contributed by atoms with Crippen LogP contribution in [0.4, 0.5) is 5.69 Å². The SMILES string of the molecule is CC(Nc1cccc(Cl)c1)(C(N)=O)c1ccccc1. The molecule has 2 aromatic carbocycles. The lowest BCUT2D eigenvalue weighted by atomic mass is 9.91. The first-order valence-corrected chi connectivity index (χ1v) is 6.29. The maximum Gasteiger partial charge on any atom is 0.247 e. The van der Waals surface area contributed by atoms with Gasteiger partial charge in [0.05, 0.1) is 0 Å². The van der Waals surface area contributed by atoms with Gasteiger partial charge in [-0.2, -0.15) is 0 Å². The van der Waals surface area contributed by atoms with Gasteiger partial charge in [0.2, 0.25) is 5.91 Å². The fourth-order valence-corrected chi connectivity index (χ4v) is 2.09. The Hall–Kier alpha value is -2.00. The van der Waals surface area contributed by atoms with E-state index in [0.29, 0.717) is 5.02 Å². The smallest absolute Gasteiger partial charge is 0.247 e. The minimum absolute atomic E-state index is 0.446. The van der Waals surface area contributed by atoms with Crippen molar-refractivity contribution < 1.29 is 4.79 Å². The molecule has 1 amide bonds. The van der Waals surface area contributed by atoms with E-state index in [4.69, 9.17) is 17.3 Å². The molecular formula is C15H15ClN2O. The summed E-state index contributed by atoms with van der Waals surface area (Å²) in [5, 5.41) is 3.75. The zero-order chi connectivity index (χ0) is 13.9. The number of carbonyl (C=O) groups is 1. The van der Waals surface area contributed by atoms with Crippen molar-refractivity contribution in [2.45, 2.75) is 12.5 Å². The molecule has 0 radical (unpaired) electrons. The molecule has 1 unspecified atom stereocenters. The number of primary amides is 1. The van der Waals surface area contributed by atoms with Crippen LogP contribution in [0.15, 0.2) is 54.6 Å². The molecule has 0 saturated heterocycles. The predicted molar refractivity (Wildman–Crippen MR) is 78.1 cm³/mol. The molecule has 0 heterocycles. The third-order valence-electron chi connectivity index (χ3n) is 3.06. The number of carbonyl (C=O) groups excluding carboxylic acids is 1. The molecule has 98 valence electrons. The summed E-state index contributed by atoms with van der Waals surface area (Å²) in [7, 11) is 0. The molecule has 0 aromatic heterocycles. The highest BCUT2D eigenvalue weighted by Crippen LogP contribution is 2.27. The van der Waals surface area contributed by atoms with Crippen molar-refractivity contribution in [1.82, 2.24) is 0 Å². The topological polar surface area (TPSA) is 55.1 Å². The van der Waals surface area contributed by atoms with Crippen LogP contribution in [0.25, 0.3) is 0 Å².